The van der Waals surface area contributed by atoms with E-state index >= 15 is 0 Å². The third-order valence-electron chi connectivity index (χ3n) is 4.62. The molecule has 1 aromatic heterocycles. The lowest BCUT2D eigenvalue weighted by Gasteiger charge is -2.33. The van der Waals surface area contributed by atoms with Crippen LogP contribution < -0.4 is 0 Å². The highest BCUT2D eigenvalue weighted by Crippen LogP contribution is 2.32. The third-order valence-corrected chi connectivity index (χ3v) is 5.35. The number of amides is 1. The molecule has 0 N–H and O–H groups in total. The number of carbonyl (C=O) groups excluding carboxylic acids is 2. The van der Waals surface area contributed by atoms with Gasteiger partial charge in [0.25, 0.3) is 0 Å². The van der Waals surface area contributed by atoms with Gasteiger partial charge in [0.15, 0.2) is 0 Å². The molecule has 2 unspecified atom stereocenters. The Bertz CT molecular complexity index is 483. The van der Waals surface area contributed by atoms with Crippen molar-refractivity contribution in [1.82, 2.24) is 4.90 Å². The summed E-state index contributed by atoms with van der Waals surface area (Å²) in [6, 6.07) is 2.19. The Kier molecular flexibility index (Phi) is 4.20. The lowest BCUT2D eigenvalue weighted by atomic mass is 9.81. The molecule has 108 valence electrons. The van der Waals surface area contributed by atoms with Crippen molar-refractivity contribution in [3.63, 3.8) is 0 Å². The summed E-state index contributed by atoms with van der Waals surface area (Å²) in [6.45, 7) is 0.831. The highest BCUT2D eigenvalue weighted by molar-refractivity contribution is 7.07. The maximum absolute atomic E-state index is 12.5. The molecule has 1 aliphatic heterocycles. The number of hydrogen-bond donors (Lipinski definition) is 0. The van der Waals surface area contributed by atoms with Crippen molar-refractivity contribution in [3.05, 3.63) is 22.4 Å². The minimum atomic E-state index is 0.109. The van der Waals surface area contributed by atoms with E-state index in [9.17, 15) is 9.59 Å². The summed E-state index contributed by atoms with van der Waals surface area (Å²) in [5, 5.41) is 4.05. The van der Waals surface area contributed by atoms with Gasteiger partial charge in [0.1, 0.15) is 5.78 Å². The number of Topliss-reactive ketones (excluding diaryl/α,β-unsaturated/α-hetero) is 1. The molecule has 1 saturated heterocycles. The first kappa shape index (κ1) is 13.8. The lowest BCUT2D eigenvalue weighted by Crippen LogP contribution is -2.44. The Labute approximate surface area is 124 Å². The number of ketones is 1. The Balaban J connectivity index is 1.68. The molecule has 1 saturated carbocycles. The molecule has 1 amide bonds. The Morgan fingerprint density at radius 3 is 2.95 bits per heavy atom. The van der Waals surface area contributed by atoms with Gasteiger partial charge in [-0.3, -0.25) is 9.59 Å². The largest absolute Gasteiger partial charge is 0.339 e. The molecule has 1 aliphatic carbocycles. The van der Waals surface area contributed by atoms with Crippen LogP contribution >= 0.6 is 11.3 Å². The van der Waals surface area contributed by atoms with Gasteiger partial charge in [-0.25, -0.2) is 0 Å². The molecule has 0 bridgehead atoms. The van der Waals surface area contributed by atoms with Crippen LogP contribution in [0.25, 0.3) is 0 Å². The number of likely N-dealkylation sites (tertiary alicyclic amines) is 1. The minimum absolute atomic E-state index is 0.109. The molecule has 1 aromatic rings. The van der Waals surface area contributed by atoms with E-state index in [4.69, 9.17) is 0 Å². The standard InChI is InChI=1S/C16H21NO2S/c18-15-6-2-1-4-13(15)14-5-3-8-17(14)16(19)10-12-7-9-20-11-12/h7,9,11,13-14H,1-6,8,10H2. The van der Waals surface area contributed by atoms with Gasteiger partial charge in [0.2, 0.25) is 5.91 Å². The highest BCUT2D eigenvalue weighted by Gasteiger charge is 2.38. The van der Waals surface area contributed by atoms with Crippen LogP contribution in [0.3, 0.4) is 0 Å². The van der Waals surface area contributed by atoms with Gasteiger partial charge in [0.05, 0.1) is 6.42 Å². The molecule has 4 heteroatoms. The van der Waals surface area contributed by atoms with E-state index in [2.05, 4.69) is 0 Å². The van der Waals surface area contributed by atoms with Crippen molar-refractivity contribution in [2.24, 2.45) is 5.92 Å². The first-order valence-electron chi connectivity index (χ1n) is 7.59. The van der Waals surface area contributed by atoms with Crippen LogP contribution in [0.1, 0.15) is 44.1 Å². The number of nitrogens with zero attached hydrogens (tertiary/aromatic N) is 1. The predicted molar refractivity (Wildman–Crippen MR) is 79.7 cm³/mol. The first-order valence-corrected chi connectivity index (χ1v) is 8.53. The average Bonchev–Trinajstić information content (AvgIpc) is 3.09. The summed E-state index contributed by atoms with van der Waals surface area (Å²) in [7, 11) is 0. The average molecular weight is 291 g/mol. The van der Waals surface area contributed by atoms with Crippen molar-refractivity contribution < 1.29 is 9.59 Å². The van der Waals surface area contributed by atoms with E-state index in [-0.39, 0.29) is 17.9 Å². The molecular formula is C16H21NO2S. The zero-order valence-corrected chi connectivity index (χ0v) is 12.5. The van der Waals surface area contributed by atoms with Crippen molar-refractivity contribution in [1.29, 1.82) is 0 Å². The fourth-order valence-electron chi connectivity index (χ4n) is 3.61. The Morgan fingerprint density at radius 2 is 2.20 bits per heavy atom. The lowest BCUT2D eigenvalue weighted by molar-refractivity contribution is -0.135. The van der Waals surface area contributed by atoms with Gasteiger partial charge in [-0.05, 0) is 48.1 Å². The topological polar surface area (TPSA) is 37.4 Å². The second-order valence-electron chi connectivity index (χ2n) is 5.92. The van der Waals surface area contributed by atoms with Gasteiger partial charge >= 0.3 is 0 Å². The summed E-state index contributed by atoms with van der Waals surface area (Å²) in [4.78, 5) is 26.6. The fourth-order valence-corrected chi connectivity index (χ4v) is 4.28. The van der Waals surface area contributed by atoms with E-state index in [1.54, 1.807) is 11.3 Å². The SMILES string of the molecule is O=C1CCCCC1C1CCCN1C(=O)Cc1ccsc1. The quantitative estimate of drug-likeness (QED) is 0.858. The maximum atomic E-state index is 12.5. The van der Waals surface area contributed by atoms with E-state index in [1.165, 1.54) is 0 Å². The molecule has 0 radical (unpaired) electrons. The molecule has 3 nitrogen and oxygen atoms in total. The Morgan fingerprint density at radius 1 is 1.30 bits per heavy atom. The Hall–Kier alpha value is -1.16. The molecule has 0 spiro atoms. The first-order chi connectivity index (χ1) is 9.75. The van der Waals surface area contributed by atoms with Crippen LogP contribution in [0.15, 0.2) is 16.8 Å². The van der Waals surface area contributed by atoms with E-state index in [0.29, 0.717) is 18.6 Å². The molecule has 2 aliphatic rings. The van der Waals surface area contributed by atoms with Crippen LogP contribution in [-0.4, -0.2) is 29.2 Å². The monoisotopic (exact) mass is 291 g/mol. The molecule has 3 rings (SSSR count). The van der Waals surface area contributed by atoms with Crippen LogP contribution in [0, 0.1) is 5.92 Å². The molecule has 2 fully saturated rings. The summed E-state index contributed by atoms with van der Waals surface area (Å²) in [6.07, 6.45) is 6.40. The predicted octanol–water partition coefficient (Wildman–Crippen LogP) is 3.04. The van der Waals surface area contributed by atoms with Gasteiger partial charge in [-0.1, -0.05) is 6.42 Å². The minimum Gasteiger partial charge on any atom is -0.339 e. The van der Waals surface area contributed by atoms with Crippen molar-refractivity contribution in [3.8, 4) is 0 Å². The number of rotatable bonds is 3. The van der Waals surface area contributed by atoms with Crippen molar-refractivity contribution >= 4 is 23.0 Å². The molecule has 0 aromatic carbocycles. The second kappa shape index (κ2) is 6.08. The van der Waals surface area contributed by atoms with Crippen molar-refractivity contribution in [2.45, 2.75) is 51.0 Å². The summed E-state index contributed by atoms with van der Waals surface area (Å²) < 4.78 is 0. The fraction of sp³-hybridized carbons (Fsp3) is 0.625. The van der Waals surface area contributed by atoms with Crippen LogP contribution in [-0.2, 0) is 16.0 Å². The highest BCUT2D eigenvalue weighted by atomic mass is 32.1. The number of hydrogen-bond acceptors (Lipinski definition) is 3. The molecular weight excluding hydrogens is 270 g/mol. The van der Waals surface area contributed by atoms with Crippen LogP contribution in [0.5, 0.6) is 0 Å². The molecule has 2 atom stereocenters. The summed E-state index contributed by atoms with van der Waals surface area (Å²) in [5.41, 5.74) is 1.10. The van der Waals surface area contributed by atoms with Gasteiger partial charge in [0, 0.05) is 24.9 Å². The zero-order chi connectivity index (χ0) is 13.9. The summed E-state index contributed by atoms with van der Waals surface area (Å²) in [5.74, 6) is 0.693. The zero-order valence-electron chi connectivity index (χ0n) is 11.7. The third kappa shape index (κ3) is 2.80. The van der Waals surface area contributed by atoms with Crippen LogP contribution in [0.4, 0.5) is 0 Å². The summed E-state index contributed by atoms with van der Waals surface area (Å²) >= 11 is 1.63. The van der Waals surface area contributed by atoms with E-state index in [1.807, 2.05) is 21.7 Å². The second-order valence-corrected chi connectivity index (χ2v) is 6.70. The normalized spacial score (nSPS) is 27.0. The molecule has 20 heavy (non-hydrogen) atoms. The number of carbonyl (C=O) groups is 2. The van der Waals surface area contributed by atoms with Gasteiger partial charge in [-0.2, -0.15) is 11.3 Å². The smallest absolute Gasteiger partial charge is 0.227 e. The maximum Gasteiger partial charge on any atom is 0.227 e. The molecule has 2 heterocycles. The van der Waals surface area contributed by atoms with E-state index < -0.39 is 0 Å². The van der Waals surface area contributed by atoms with E-state index in [0.717, 1.165) is 44.2 Å². The van der Waals surface area contributed by atoms with Crippen molar-refractivity contribution in [2.75, 3.05) is 6.54 Å². The van der Waals surface area contributed by atoms with Crippen LogP contribution in [0.2, 0.25) is 0 Å². The number of thiophene rings is 1. The van der Waals surface area contributed by atoms with Gasteiger partial charge in [-0.15, -0.1) is 0 Å². The van der Waals surface area contributed by atoms with Gasteiger partial charge < -0.3 is 4.90 Å².